The van der Waals surface area contributed by atoms with Gasteiger partial charge in [0.05, 0.1) is 6.54 Å². The van der Waals surface area contributed by atoms with Crippen molar-refractivity contribution in [2.24, 2.45) is 0 Å². The third-order valence-corrected chi connectivity index (χ3v) is 3.82. The number of aromatic nitrogens is 2. The fraction of sp³-hybridized carbons (Fsp3) is 0.308. The average Bonchev–Trinajstić information content (AvgIpc) is 2.80. The largest absolute Gasteiger partial charge is 0.303 e. The molecule has 4 nitrogen and oxygen atoms in total. The summed E-state index contributed by atoms with van der Waals surface area (Å²) in [6.45, 7) is 4.13. The van der Waals surface area contributed by atoms with Gasteiger partial charge < -0.3 is 4.90 Å². The number of amides is 1. The quantitative estimate of drug-likeness (QED) is 0.806. The summed E-state index contributed by atoms with van der Waals surface area (Å²) in [6, 6.07) is 7.59. The highest BCUT2D eigenvalue weighted by molar-refractivity contribution is 7.11. The normalized spacial score (nSPS) is 10.8. The van der Waals surface area contributed by atoms with Crippen LogP contribution in [0.15, 0.2) is 24.3 Å². The van der Waals surface area contributed by atoms with Gasteiger partial charge in [-0.3, -0.25) is 4.79 Å². The summed E-state index contributed by atoms with van der Waals surface area (Å²) in [5.74, 6) is -0.369. The summed E-state index contributed by atoms with van der Waals surface area (Å²) in [6.07, 6.45) is 0. The van der Waals surface area contributed by atoms with Gasteiger partial charge in [0.15, 0.2) is 4.84 Å². The molecule has 0 saturated carbocycles. The second-order valence-electron chi connectivity index (χ2n) is 4.28. The highest BCUT2D eigenvalue weighted by Crippen LogP contribution is 2.23. The Bertz CT molecular complexity index is 615. The molecule has 0 atom stereocenters. The molecule has 1 heterocycles. The summed E-state index contributed by atoms with van der Waals surface area (Å²) < 4.78 is 0. The number of hydrogen-bond donors (Lipinski definition) is 0. The Kier molecular flexibility index (Phi) is 4.96. The first kappa shape index (κ1) is 15.2. The van der Waals surface area contributed by atoms with E-state index in [2.05, 4.69) is 10.2 Å². The van der Waals surface area contributed by atoms with Gasteiger partial charge in [0, 0.05) is 5.69 Å². The van der Waals surface area contributed by atoms with E-state index in [-0.39, 0.29) is 5.91 Å². The van der Waals surface area contributed by atoms with Crippen molar-refractivity contribution < 1.29 is 4.79 Å². The van der Waals surface area contributed by atoms with Crippen LogP contribution in [0.25, 0.3) is 0 Å². The van der Waals surface area contributed by atoms with Crippen LogP contribution in [0.1, 0.15) is 15.6 Å². The minimum absolute atomic E-state index is 0.309. The fourth-order valence-corrected chi connectivity index (χ4v) is 2.68. The molecule has 0 aliphatic carbocycles. The van der Waals surface area contributed by atoms with Crippen LogP contribution in [-0.2, 0) is 11.3 Å². The van der Waals surface area contributed by atoms with Crippen LogP contribution in [0.5, 0.6) is 0 Å². The molecule has 2 rings (SSSR count). The molecule has 1 aromatic heterocycles. The van der Waals surface area contributed by atoms with Crippen molar-refractivity contribution in [3.63, 3.8) is 0 Å². The molecule has 0 spiro atoms. The summed E-state index contributed by atoms with van der Waals surface area (Å²) in [5, 5.41) is 9.58. The van der Waals surface area contributed by atoms with Crippen molar-refractivity contribution in [3.8, 4) is 0 Å². The molecule has 2 aromatic rings. The van der Waals surface area contributed by atoms with E-state index in [1.54, 1.807) is 0 Å². The minimum Gasteiger partial charge on any atom is -0.303 e. The molecule has 0 N–H and O–H groups in total. The molecule has 7 heteroatoms. The van der Waals surface area contributed by atoms with Gasteiger partial charge in [0.1, 0.15) is 10.0 Å². The van der Waals surface area contributed by atoms with E-state index < -0.39 is 4.84 Å². The smallest absolute Gasteiger partial charge is 0.260 e. The Labute approximate surface area is 131 Å². The first-order valence-electron chi connectivity index (χ1n) is 5.92. The zero-order valence-electron chi connectivity index (χ0n) is 11.0. The zero-order valence-corrected chi connectivity index (χ0v) is 13.3. The number of alkyl halides is 2. The predicted molar refractivity (Wildman–Crippen MR) is 82.5 cm³/mol. The van der Waals surface area contributed by atoms with Gasteiger partial charge in [-0.05, 0) is 31.5 Å². The molecule has 0 unspecified atom stereocenters. The number of aryl methyl sites for hydroxylation is 2. The number of benzene rings is 1. The van der Waals surface area contributed by atoms with Crippen LogP contribution >= 0.6 is 34.5 Å². The van der Waals surface area contributed by atoms with Crippen molar-refractivity contribution in [2.45, 2.75) is 25.2 Å². The monoisotopic (exact) mass is 329 g/mol. The number of nitrogens with zero attached hydrogens (tertiary/aromatic N) is 3. The van der Waals surface area contributed by atoms with E-state index in [9.17, 15) is 4.79 Å². The van der Waals surface area contributed by atoms with Crippen LogP contribution in [0.2, 0.25) is 0 Å². The Morgan fingerprint density at radius 3 is 2.65 bits per heavy atom. The van der Waals surface area contributed by atoms with Crippen LogP contribution in [0.3, 0.4) is 0 Å². The molecule has 0 fully saturated rings. The van der Waals surface area contributed by atoms with Crippen molar-refractivity contribution in [2.75, 3.05) is 4.90 Å². The topological polar surface area (TPSA) is 46.1 Å². The highest BCUT2D eigenvalue weighted by atomic mass is 35.5. The first-order chi connectivity index (χ1) is 9.47. The third-order valence-electron chi connectivity index (χ3n) is 2.63. The lowest BCUT2D eigenvalue weighted by Gasteiger charge is -2.22. The van der Waals surface area contributed by atoms with Crippen molar-refractivity contribution in [3.05, 3.63) is 39.8 Å². The number of halogens is 2. The lowest BCUT2D eigenvalue weighted by molar-refractivity contribution is -0.117. The van der Waals surface area contributed by atoms with Gasteiger partial charge in [-0.1, -0.05) is 46.7 Å². The Morgan fingerprint density at radius 1 is 1.35 bits per heavy atom. The predicted octanol–water partition coefficient (Wildman–Crippen LogP) is 3.49. The highest BCUT2D eigenvalue weighted by Gasteiger charge is 2.23. The number of carbonyl (C=O) groups is 1. The van der Waals surface area contributed by atoms with Crippen molar-refractivity contribution >= 4 is 46.1 Å². The molecule has 0 saturated heterocycles. The Hall–Kier alpha value is -1.17. The Morgan fingerprint density at radius 2 is 2.10 bits per heavy atom. The zero-order chi connectivity index (χ0) is 14.7. The summed E-state index contributed by atoms with van der Waals surface area (Å²) in [4.78, 5) is 12.6. The van der Waals surface area contributed by atoms with Crippen LogP contribution in [-0.4, -0.2) is 20.9 Å². The van der Waals surface area contributed by atoms with Gasteiger partial charge in [-0.2, -0.15) is 0 Å². The molecule has 0 aliphatic rings. The van der Waals surface area contributed by atoms with Gasteiger partial charge in [0.25, 0.3) is 5.91 Å². The van der Waals surface area contributed by atoms with Gasteiger partial charge in [0.2, 0.25) is 0 Å². The molecular weight excluding hydrogens is 317 g/mol. The van der Waals surface area contributed by atoms with Crippen molar-refractivity contribution in [1.82, 2.24) is 10.2 Å². The van der Waals surface area contributed by atoms with Crippen LogP contribution in [0, 0.1) is 13.8 Å². The van der Waals surface area contributed by atoms with Crippen LogP contribution in [0.4, 0.5) is 5.69 Å². The second-order valence-corrected chi connectivity index (χ2v) is 6.64. The number of rotatable bonds is 4. The van der Waals surface area contributed by atoms with E-state index in [1.165, 1.54) is 16.2 Å². The fourth-order valence-electron chi connectivity index (χ4n) is 1.75. The first-order valence-corrected chi connectivity index (χ1v) is 7.61. The molecular formula is C13H13Cl2N3OS. The average molecular weight is 330 g/mol. The van der Waals surface area contributed by atoms with E-state index in [1.807, 2.05) is 38.1 Å². The second kappa shape index (κ2) is 6.52. The lowest BCUT2D eigenvalue weighted by Crippen LogP contribution is -2.34. The summed E-state index contributed by atoms with van der Waals surface area (Å²) in [7, 11) is 0. The number of hydrogen-bond acceptors (Lipinski definition) is 4. The van der Waals surface area contributed by atoms with Crippen LogP contribution < -0.4 is 4.90 Å². The van der Waals surface area contributed by atoms with E-state index in [4.69, 9.17) is 23.2 Å². The standard InChI is InChI=1S/C13H13Cl2N3OS/c1-8-4-3-5-10(6-8)18(13(19)12(14)15)7-11-17-16-9(2)20-11/h3-6,12H,7H2,1-2H3. The molecule has 20 heavy (non-hydrogen) atoms. The maximum absolute atomic E-state index is 12.2. The molecule has 0 aliphatic heterocycles. The molecule has 0 bridgehead atoms. The minimum atomic E-state index is -1.11. The molecule has 1 aromatic carbocycles. The molecule has 0 radical (unpaired) electrons. The molecule has 1 amide bonds. The number of anilines is 1. The summed E-state index contributed by atoms with van der Waals surface area (Å²) in [5.41, 5.74) is 1.79. The SMILES string of the molecule is Cc1cccc(N(Cc2nnc(C)s2)C(=O)C(Cl)Cl)c1. The molecule has 106 valence electrons. The van der Waals surface area contributed by atoms with Gasteiger partial charge in [-0.15, -0.1) is 10.2 Å². The summed E-state index contributed by atoms with van der Waals surface area (Å²) >= 11 is 12.9. The van der Waals surface area contributed by atoms with Crippen molar-refractivity contribution in [1.29, 1.82) is 0 Å². The maximum atomic E-state index is 12.2. The van der Waals surface area contributed by atoms with Gasteiger partial charge in [-0.25, -0.2) is 0 Å². The van der Waals surface area contributed by atoms with E-state index in [0.29, 0.717) is 6.54 Å². The number of carbonyl (C=O) groups excluding carboxylic acids is 1. The van der Waals surface area contributed by atoms with E-state index in [0.717, 1.165) is 21.3 Å². The third kappa shape index (κ3) is 3.69. The lowest BCUT2D eigenvalue weighted by atomic mass is 10.2. The maximum Gasteiger partial charge on any atom is 0.260 e. The van der Waals surface area contributed by atoms with E-state index >= 15 is 0 Å². The van der Waals surface area contributed by atoms with Gasteiger partial charge >= 0.3 is 0 Å². The Balaban J connectivity index is 2.32.